The summed E-state index contributed by atoms with van der Waals surface area (Å²) in [5, 5.41) is 3.29. The van der Waals surface area contributed by atoms with Crippen LogP contribution >= 0.6 is 11.6 Å². The predicted molar refractivity (Wildman–Crippen MR) is 121 cm³/mol. The Kier molecular flexibility index (Phi) is 8.47. The van der Waals surface area contributed by atoms with Gasteiger partial charge in [-0.1, -0.05) is 23.7 Å². The minimum absolute atomic E-state index is 0.00254. The van der Waals surface area contributed by atoms with Gasteiger partial charge in [0.25, 0.3) is 0 Å². The van der Waals surface area contributed by atoms with Crippen LogP contribution in [0, 0.1) is 5.82 Å². The highest BCUT2D eigenvalue weighted by molar-refractivity contribution is 7.89. The van der Waals surface area contributed by atoms with Gasteiger partial charge in [-0.25, -0.2) is 17.5 Å². The van der Waals surface area contributed by atoms with Crippen LogP contribution < -0.4 is 14.8 Å². The minimum Gasteiger partial charge on any atom is -0.494 e. The zero-order valence-electron chi connectivity index (χ0n) is 17.8. The summed E-state index contributed by atoms with van der Waals surface area (Å²) in [7, 11) is -2.28. The van der Waals surface area contributed by atoms with Crippen LogP contribution in [0.25, 0.3) is 0 Å². The number of sulfonamides is 1. The molecule has 0 radical (unpaired) electrons. The average Bonchev–Trinajstić information content (AvgIpc) is 2.75. The Balaban J connectivity index is 1.38. The molecule has 32 heavy (non-hydrogen) atoms. The van der Waals surface area contributed by atoms with Gasteiger partial charge in [-0.2, -0.15) is 0 Å². The fourth-order valence-electron chi connectivity index (χ4n) is 3.62. The molecular weight excluding hydrogens is 457 g/mol. The maximum Gasteiger partial charge on any atom is 0.240 e. The first kappa shape index (κ1) is 24.4. The molecule has 0 saturated carbocycles. The number of benzene rings is 2. The zero-order chi connectivity index (χ0) is 23.1. The number of ether oxygens (including phenoxy) is 1. The van der Waals surface area contributed by atoms with Crippen molar-refractivity contribution in [1.82, 2.24) is 14.9 Å². The van der Waals surface area contributed by atoms with Gasteiger partial charge < -0.3 is 10.1 Å². The lowest BCUT2D eigenvalue weighted by Gasteiger charge is -2.32. The summed E-state index contributed by atoms with van der Waals surface area (Å²) < 4.78 is 45.7. The normalized spacial score (nSPS) is 15.5. The van der Waals surface area contributed by atoms with Gasteiger partial charge in [0, 0.05) is 43.7 Å². The topological polar surface area (TPSA) is 87.7 Å². The zero-order valence-corrected chi connectivity index (χ0v) is 19.4. The molecule has 174 valence electrons. The molecule has 1 amide bonds. The summed E-state index contributed by atoms with van der Waals surface area (Å²) in [5.74, 6) is -0.349. The van der Waals surface area contributed by atoms with E-state index in [1.165, 1.54) is 25.3 Å². The summed E-state index contributed by atoms with van der Waals surface area (Å²) >= 11 is 5.84. The number of carbonyl (C=O) groups is 1. The van der Waals surface area contributed by atoms with E-state index in [-0.39, 0.29) is 41.4 Å². The molecule has 0 aliphatic carbocycles. The van der Waals surface area contributed by atoms with E-state index in [0.29, 0.717) is 11.6 Å². The van der Waals surface area contributed by atoms with E-state index in [4.69, 9.17) is 16.3 Å². The molecule has 1 heterocycles. The number of piperidine rings is 1. The van der Waals surface area contributed by atoms with Crippen molar-refractivity contribution >= 4 is 27.5 Å². The lowest BCUT2D eigenvalue weighted by atomic mass is 10.0. The van der Waals surface area contributed by atoms with Crippen LogP contribution in [-0.4, -0.2) is 52.0 Å². The number of nitrogens with one attached hydrogen (secondary N) is 2. The molecule has 2 aromatic rings. The van der Waals surface area contributed by atoms with Crippen LogP contribution in [0.3, 0.4) is 0 Å². The average molecular weight is 484 g/mol. The van der Waals surface area contributed by atoms with Crippen molar-refractivity contribution in [1.29, 1.82) is 0 Å². The molecule has 1 saturated heterocycles. The van der Waals surface area contributed by atoms with Crippen molar-refractivity contribution < 1.29 is 22.3 Å². The van der Waals surface area contributed by atoms with Crippen molar-refractivity contribution in [3.63, 3.8) is 0 Å². The third-order valence-electron chi connectivity index (χ3n) is 5.33. The quantitative estimate of drug-likeness (QED) is 0.572. The van der Waals surface area contributed by atoms with Crippen molar-refractivity contribution in [2.45, 2.75) is 36.7 Å². The Labute approximate surface area is 192 Å². The van der Waals surface area contributed by atoms with Crippen LogP contribution in [0.4, 0.5) is 4.39 Å². The highest BCUT2D eigenvalue weighted by Crippen LogP contribution is 2.20. The Morgan fingerprint density at radius 3 is 2.62 bits per heavy atom. The molecule has 3 rings (SSSR count). The largest absolute Gasteiger partial charge is 0.494 e. The molecule has 0 spiro atoms. The second-order valence-corrected chi connectivity index (χ2v) is 9.90. The second-order valence-electron chi connectivity index (χ2n) is 7.69. The molecule has 1 aliphatic rings. The number of rotatable bonds is 9. The Morgan fingerprint density at radius 2 is 1.97 bits per heavy atom. The van der Waals surface area contributed by atoms with E-state index in [2.05, 4.69) is 14.9 Å². The first-order valence-corrected chi connectivity index (χ1v) is 12.2. The minimum atomic E-state index is -3.71. The third-order valence-corrected chi connectivity index (χ3v) is 7.02. The summed E-state index contributed by atoms with van der Waals surface area (Å²) in [6.07, 6.45) is 1.60. The van der Waals surface area contributed by atoms with Gasteiger partial charge in [-0.05, 0) is 48.7 Å². The lowest BCUT2D eigenvalue weighted by Crippen LogP contribution is -2.45. The van der Waals surface area contributed by atoms with Gasteiger partial charge >= 0.3 is 0 Å². The van der Waals surface area contributed by atoms with Gasteiger partial charge in [-0.15, -0.1) is 0 Å². The van der Waals surface area contributed by atoms with Crippen LogP contribution in [0.15, 0.2) is 47.4 Å². The van der Waals surface area contributed by atoms with Crippen molar-refractivity contribution in [2.24, 2.45) is 0 Å². The summed E-state index contributed by atoms with van der Waals surface area (Å²) in [4.78, 5) is 14.5. The molecule has 0 unspecified atom stereocenters. The molecular formula is C22H27ClFN3O4S. The summed E-state index contributed by atoms with van der Waals surface area (Å²) in [5.41, 5.74) is 0.873. The highest BCUT2D eigenvalue weighted by Gasteiger charge is 2.21. The smallest absolute Gasteiger partial charge is 0.240 e. The van der Waals surface area contributed by atoms with E-state index in [1.54, 1.807) is 18.2 Å². The van der Waals surface area contributed by atoms with Gasteiger partial charge in [-0.3, -0.25) is 9.69 Å². The van der Waals surface area contributed by atoms with Crippen molar-refractivity contribution in [2.75, 3.05) is 26.7 Å². The van der Waals surface area contributed by atoms with Crippen molar-refractivity contribution in [3.8, 4) is 5.75 Å². The number of amides is 1. The van der Waals surface area contributed by atoms with E-state index in [9.17, 15) is 17.6 Å². The maximum absolute atomic E-state index is 13.9. The maximum atomic E-state index is 13.9. The second kappa shape index (κ2) is 11.1. The first-order chi connectivity index (χ1) is 15.3. The molecule has 10 heteroatoms. The van der Waals surface area contributed by atoms with Gasteiger partial charge in [0.05, 0.1) is 12.0 Å². The van der Waals surface area contributed by atoms with Crippen molar-refractivity contribution in [3.05, 3.63) is 58.9 Å². The van der Waals surface area contributed by atoms with Crippen LogP contribution in [-0.2, 0) is 21.4 Å². The molecule has 7 nitrogen and oxygen atoms in total. The molecule has 2 aromatic carbocycles. The number of likely N-dealkylation sites (tertiary alicyclic amines) is 1. The number of carbonyl (C=O) groups excluding carboxylic acids is 1. The molecule has 0 atom stereocenters. The molecule has 1 fully saturated rings. The first-order valence-electron chi connectivity index (χ1n) is 10.4. The van der Waals surface area contributed by atoms with Crippen LogP contribution in [0.5, 0.6) is 5.75 Å². The lowest BCUT2D eigenvalue weighted by molar-refractivity contribution is -0.121. The van der Waals surface area contributed by atoms with E-state index in [0.717, 1.165) is 31.5 Å². The Hall–Kier alpha value is -2.20. The number of hydrogen-bond acceptors (Lipinski definition) is 5. The number of halogens is 2. The molecule has 1 aliphatic heterocycles. The highest BCUT2D eigenvalue weighted by atomic mass is 35.5. The van der Waals surface area contributed by atoms with Crippen LogP contribution in [0.1, 0.15) is 24.8 Å². The third kappa shape index (κ3) is 6.90. The molecule has 0 bridgehead atoms. The Bertz CT molecular complexity index is 1040. The number of methoxy groups -OCH3 is 1. The number of hydrogen-bond donors (Lipinski definition) is 2. The van der Waals surface area contributed by atoms with Gasteiger partial charge in [0.2, 0.25) is 15.9 Å². The van der Waals surface area contributed by atoms with E-state index in [1.807, 2.05) is 6.07 Å². The van der Waals surface area contributed by atoms with Crippen LogP contribution in [0.2, 0.25) is 5.02 Å². The SMILES string of the molecule is COc1ccc(CN2CCC(NC(=O)CCNS(=O)(=O)c3cccc(Cl)c3)CC2)cc1F. The monoisotopic (exact) mass is 483 g/mol. The molecule has 0 aromatic heterocycles. The van der Waals surface area contributed by atoms with E-state index < -0.39 is 10.0 Å². The summed E-state index contributed by atoms with van der Waals surface area (Å²) in [6, 6.07) is 10.9. The standard InChI is InChI=1S/C22H27ClFN3O4S/c1-31-21-6-5-16(13-20(21)24)15-27-11-8-18(9-12-27)26-22(28)7-10-25-32(29,30)19-4-2-3-17(23)14-19/h2-6,13-14,18,25H,7-12,15H2,1H3,(H,26,28). The van der Waals surface area contributed by atoms with Gasteiger partial charge in [0.1, 0.15) is 0 Å². The fourth-order valence-corrected chi connectivity index (χ4v) is 4.95. The summed E-state index contributed by atoms with van der Waals surface area (Å²) in [6.45, 7) is 2.19. The Morgan fingerprint density at radius 1 is 1.22 bits per heavy atom. The van der Waals surface area contributed by atoms with Gasteiger partial charge in [0.15, 0.2) is 11.6 Å². The number of nitrogens with zero attached hydrogens (tertiary/aromatic N) is 1. The predicted octanol–water partition coefficient (Wildman–Crippen LogP) is 2.94. The van der Waals surface area contributed by atoms with E-state index >= 15 is 0 Å². The molecule has 2 N–H and O–H groups in total. The fraction of sp³-hybridized carbons (Fsp3) is 0.409.